The van der Waals surface area contributed by atoms with E-state index in [4.69, 9.17) is 17.7 Å². The molecule has 0 aromatic carbocycles. The van der Waals surface area contributed by atoms with Gasteiger partial charge in [0.05, 0.1) is 5.71 Å². The number of aliphatic hydroxyl groups is 1. The van der Waals surface area contributed by atoms with Gasteiger partial charge in [-0.2, -0.15) is 0 Å². The fourth-order valence-electron chi connectivity index (χ4n) is 1.66. The summed E-state index contributed by atoms with van der Waals surface area (Å²) in [6.45, 7) is 3.29. The fourth-order valence-corrected chi connectivity index (χ4v) is 1.66. The van der Waals surface area contributed by atoms with E-state index in [1.54, 1.807) is 6.92 Å². The first-order valence-corrected chi connectivity index (χ1v) is 4.33. The van der Waals surface area contributed by atoms with Crippen molar-refractivity contribution in [2.45, 2.75) is 32.5 Å². The van der Waals surface area contributed by atoms with E-state index in [9.17, 15) is 5.11 Å². The standard InChI is InChI=1S/C11H13NO2/c1-5-7-11(8-6-2)9(3)12-14-10(11,4)13/h1-2,13H,7-8H2,3-4H3. The average Bonchev–Trinajstić information content (AvgIpc) is 2.32. The fraction of sp³-hybridized carbons (Fsp3) is 0.545. The zero-order valence-electron chi connectivity index (χ0n) is 8.37. The Morgan fingerprint density at radius 2 is 1.93 bits per heavy atom. The molecule has 0 aromatic rings. The maximum Gasteiger partial charge on any atom is 0.244 e. The smallest absolute Gasteiger partial charge is 0.244 e. The van der Waals surface area contributed by atoms with E-state index in [1.807, 2.05) is 0 Å². The van der Waals surface area contributed by atoms with E-state index in [1.165, 1.54) is 6.92 Å². The van der Waals surface area contributed by atoms with Gasteiger partial charge >= 0.3 is 0 Å². The first-order valence-electron chi connectivity index (χ1n) is 4.33. The molecule has 3 nitrogen and oxygen atoms in total. The Balaban J connectivity index is 3.13. The van der Waals surface area contributed by atoms with E-state index >= 15 is 0 Å². The summed E-state index contributed by atoms with van der Waals surface area (Å²) in [5.74, 6) is 3.60. The van der Waals surface area contributed by atoms with Crippen molar-refractivity contribution in [2.75, 3.05) is 0 Å². The first-order chi connectivity index (χ1) is 6.50. The third-order valence-corrected chi connectivity index (χ3v) is 2.75. The van der Waals surface area contributed by atoms with Crippen LogP contribution in [0.4, 0.5) is 0 Å². The minimum Gasteiger partial charge on any atom is -0.360 e. The summed E-state index contributed by atoms with van der Waals surface area (Å²) in [7, 11) is 0. The number of hydrogen-bond donors (Lipinski definition) is 1. The average molecular weight is 191 g/mol. The summed E-state index contributed by atoms with van der Waals surface area (Å²) < 4.78 is 0. The van der Waals surface area contributed by atoms with Crippen molar-refractivity contribution in [3.63, 3.8) is 0 Å². The van der Waals surface area contributed by atoms with Crippen LogP contribution in [0, 0.1) is 30.1 Å². The third-order valence-electron chi connectivity index (χ3n) is 2.75. The lowest BCUT2D eigenvalue weighted by molar-refractivity contribution is -0.222. The Kier molecular flexibility index (Phi) is 2.55. The minimum atomic E-state index is -1.41. The Bertz CT molecular complexity index is 325. The molecule has 1 heterocycles. The van der Waals surface area contributed by atoms with Gasteiger partial charge in [0.2, 0.25) is 5.79 Å². The van der Waals surface area contributed by atoms with Crippen molar-refractivity contribution in [1.82, 2.24) is 0 Å². The molecule has 1 N–H and O–H groups in total. The summed E-state index contributed by atoms with van der Waals surface area (Å²) in [6, 6.07) is 0. The lowest BCUT2D eigenvalue weighted by Crippen LogP contribution is -2.47. The predicted octanol–water partition coefficient (Wildman–Crippen LogP) is 1.13. The molecule has 3 heteroatoms. The van der Waals surface area contributed by atoms with Crippen LogP contribution >= 0.6 is 0 Å². The van der Waals surface area contributed by atoms with Crippen LogP contribution in [0.2, 0.25) is 0 Å². The SMILES string of the molecule is C#CCC1(CC#C)C(C)=NOC1(C)O. The largest absolute Gasteiger partial charge is 0.360 e. The summed E-state index contributed by atoms with van der Waals surface area (Å²) in [6.07, 6.45) is 11.2. The number of terminal acetylenes is 2. The molecule has 0 aliphatic carbocycles. The normalized spacial score (nSPS) is 28.5. The van der Waals surface area contributed by atoms with Crippen LogP contribution < -0.4 is 0 Å². The quantitative estimate of drug-likeness (QED) is 0.665. The van der Waals surface area contributed by atoms with Crippen LogP contribution in [0.3, 0.4) is 0 Å². The minimum absolute atomic E-state index is 0.319. The second-order valence-electron chi connectivity index (χ2n) is 3.59. The summed E-state index contributed by atoms with van der Waals surface area (Å²) in [5, 5.41) is 13.8. The maximum absolute atomic E-state index is 10.0. The van der Waals surface area contributed by atoms with Gasteiger partial charge in [0, 0.05) is 19.8 Å². The van der Waals surface area contributed by atoms with Gasteiger partial charge in [-0.1, -0.05) is 5.16 Å². The predicted molar refractivity (Wildman–Crippen MR) is 54.2 cm³/mol. The zero-order chi connectivity index (χ0) is 10.8. The molecule has 0 bridgehead atoms. The van der Waals surface area contributed by atoms with Gasteiger partial charge in [-0.15, -0.1) is 24.7 Å². The van der Waals surface area contributed by atoms with Crippen LogP contribution in [0.5, 0.6) is 0 Å². The van der Waals surface area contributed by atoms with Crippen molar-refractivity contribution in [3.05, 3.63) is 0 Å². The summed E-state index contributed by atoms with van der Waals surface area (Å²) in [5.41, 5.74) is -0.0883. The molecule has 0 fully saturated rings. The molecule has 0 spiro atoms. The Hall–Kier alpha value is -1.45. The van der Waals surface area contributed by atoms with Crippen LogP contribution in [0.1, 0.15) is 26.7 Å². The van der Waals surface area contributed by atoms with Crippen molar-refractivity contribution < 1.29 is 9.94 Å². The van der Waals surface area contributed by atoms with Crippen molar-refractivity contribution in [1.29, 1.82) is 0 Å². The molecule has 74 valence electrons. The van der Waals surface area contributed by atoms with Crippen molar-refractivity contribution in [3.8, 4) is 24.7 Å². The highest BCUT2D eigenvalue weighted by Gasteiger charge is 2.55. The number of nitrogens with zero attached hydrogens (tertiary/aromatic N) is 1. The van der Waals surface area contributed by atoms with Crippen LogP contribution in [0.15, 0.2) is 5.16 Å². The van der Waals surface area contributed by atoms with Crippen LogP contribution in [-0.2, 0) is 4.84 Å². The van der Waals surface area contributed by atoms with Crippen LogP contribution in [-0.4, -0.2) is 16.6 Å². The first kappa shape index (κ1) is 10.6. The van der Waals surface area contributed by atoms with Crippen molar-refractivity contribution in [2.24, 2.45) is 10.6 Å². The lowest BCUT2D eigenvalue weighted by atomic mass is 9.72. The topological polar surface area (TPSA) is 41.8 Å². The van der Waals surface area contributed by atoms with Gasteiger partial charge in [0.1, 0.15) is 5.41 Å². The Labute approximate surface area is 84.1 Å². The number of hydrogen-bond acceptors (Lipinski definition) is 3. The molecular weight excluding hydrogens is 178 g/mol. The van der Waals surface area contributed by atoms with E-state index in [0.717, 1.165) is 0 Å². The highest BCUT2D eigenvalue weighted by molar-refractivity contribution is 5.90. The molecule has 0 saturated carbocycles. The summed E-state index contributed by atoms with van der Waals surface area (Å²) in [4.78, 5) is 4.93. The molecule has 0 amide bonds. The zero-order valence-corrected chi connectivity index (χ0v) is 8.37. The molecule has 14 heavy (non-hydrogen) atoms. The molecule has 0 aromatic heterocycles. The lowest BCUT2D eigenvalue weighted by Gasteiger charge is -2.34. The number of rotatable bonds is 2. The second kappa shape index (κ2) is 3.36. The summed E-state index contributed by atoms with van der Waals surface area (Å²) >= 11 is 0. The molecule has 0 radical (unpaired) electrons. The van der Waals surface area contributed by atoms with Gasteiger partial charge in [0.15, 0.2) is 0 Å². The van der Waals surface area contributed by atoms with E-state index in [-0.39, 0.29) is 0 Å². The van der Waals surface area contributed by atoms with E-state index in [2.05, 4.69) is 17.0 Å². The highest BCUT2D eigenvalue weighted by Crippen LogP contribution is 2.44. The van der Waals surface area contributed by atoms with E-state index < -0.39 is 11.2 Å². The molecule has 0 saturated heterocycles. The Morgan fingerprint density at radius 1 is 1.43 bits per heavy atom. The third kappa shape index (κ3) is 1.27. The van der Waals surface area contributed by atoms with Crippen LogP contribution in [0.25, 0.3) is 0 Å². The van der Waals surface area contributed by atoms with Gasteiger partial charge in [-0.3, -0.25) is 0 Å². The molecule has 1 aliphatic rings. The highest BCUT2D eigenvalue weighted by atomic mass is 16.7. The number of oxime groups is 1. The van der Waals surface area contributed by atoms with E-state index in [0.29, 0.717) is 18.6 Å². The van der Waals surface area contributed by atoms with Crippen molar-refractivity contribution >= 4 is 5.71 Å². The molecular formula is C11H13NO2. The molecule has 1 aliphatic heterocycles. The second-order valence-corrected chi connectivity index (χ2v) is 3.59. The Morgan fingerprint density at radius 3 is 2.21 bits per heavy atom. The van der Waals surface area contributed by atoms with Gasteiger partial charge in [-0.05, 0) is 6.92 Å². The molecule has 1 unspecified atom stereocenters. The van der Waals surface area contributed by atoms with Gasteiger partial charge in [0.25, 0.3) is 0 Å². The monoisotopic (exact) mass is 191 g/mol. The maximum atomic E-state index is 10.0. The van der Waals surface area contributed by atoms with Gasteiger partial charge in [-0.25, -0.2) is 0 Å². The molecule has 1 rings (SSSR count). The molecule has 1 atom stereocenters. The van der Waals surface area contributed by atoms with Gasteiger partial charge < -0.3 is 9.94 Å².